The van der Waals surface area contributed by atoms with Crippen molar-refractivity contribution in [1.82, 2.24) is 4.72 Å². The third-order valence-corrected chi connectivity index (χ3v) is 1.78. The number of carbonyl (C=O) groups is 2. The molecule has 0 aromatic carbocycles. The van der Waals surface area contributed by atoms with E-state index in [1.165, 1.54) is 0 Å². The highest BCUT2D eigenvalue weighted by atomic mass is 32.2. The molecule has 0 radical (unpaired) electrons. The highest BCUT2D eigenvalue weighted by molar-refractivity contribution is 7.97. The van der Waals surface area contributed by atoms with E-state index in [9.17, 15) is 9.59 Å². The Morgan fingerprint density at radius 2 is 2.08 bits per heavy atom. The molecule has 7 heteroatoms. The standard InChI is InChI=1S/C5H10N2O4S/c6-3(5(10)11)2-12-7-1-4(8)9/h3,7H,1-2,6H2,(H,8,9)(H,10,11)/t3-/m0/s1. The molecule has 0 fully saturated rings. The molecule has 0 saturated heterocycles. The van der Waals surface area contributed by atoms with Gasteiger partial charge in [-0.15, -0.1) is 0 Å². The Labute approximate surface area is 73.3 Å². The van der Waals surface area contributed by atoms with Crippen LogP contribution in [0.25, 0.3) is 0 Å². The average molecular weight is 194 g/mol. The van der Waals surface area contributed by atoms with Crippen LogP contribution in [0.2, 0.25) is 0 Å². The minimum Gasteiger partial charge on any atom is -0.480 e. The van der Waals surface area contributed by atoms with Crippen LogP contribution in [0.15, 0.2) is 0 Å². The molecular weight excluding hydrogens is 184 g/mol. The summed E-state index contributed by atoms with van der Waals surface area (Å²) in [6, 6.07) is -0.962. The van der Waals surface area contributed by atoms with Gasteiger partial charge in [-0.05, 0) is 0 Å². The first-order valence-electron chi connectivity index (χ1n) is 3.09. The van der Waals surface area contributed by atoms with E-state index < -0.39 is 18.0 Å². The van der Waals surface area contributed by atoms with Crippen molar-refractivity contribution in [3.63, 3.8) is 0 Å². The number of nitrogens with two attached hydrogens (primary N) is 1. The largest absolute Gasteiger partial charge is 0.480 e. The fourth-order valence-corrected chi connectivity index (χ4v) is 0.998. The van der Waals surface area contributed by atoms with Crippen LogP contribution in [0.3, 0.4) is 0 Å². The maximum absolute atomic E-state index is 10.1. The summed E-state index contributed by atoms with van der Waals surface area (Å²) in [6.45, 7) is -0.211. The lowest BCUT2D eigenvalue weighted by atomic mass is 10.4. The van der Waals surface area contributed by atoms with Gasteiger partial charge in [0.1, 0.15) is 12.6 Å². The van der Waals surface area contributed by atoms with Crippen molar-refractivity contribution in [2.45, 2.75) is 6.04 Å². The molecule has 0 saturated carbocycles. The Bertz CT molecular complexity index is 175. The Kier molecular flexibility index (Phi) is 5.43. The lowest BCUT2D eigenvalue weighted by Gasteiger charge is -2.04. The number of hydrogen-bond acceptors (Lipinski definition) is 5. The average Bonchev–Trinajstić information content (AvgIpc) is 1.97. The van der Waals surface area contributed by atoms with Crippen LogP contribution >= 0.6 is 11.9 Å². The highest BCUT2D eigenvalue weighted by Gasteiger charge is 2.10. The maximum Gasteiger partial charge on any atom is 0.321 e. The second kappa shape index (κ2) is 5.81. The predicted octanol–water partition coefficient (Wildman–Crippen LogP) is -1.28. The molecule has 0 heterocycles. The van der Waals surface area contributed by atoms with Crippen molar-refractivity contribution < 1.29 is 19.8 Å². The van der Waals surface area contributed by atoms with Gasteiger partial charge in [0, 0.05) is 5.75 Å². The van der Waals surface area contributed by atoms with Crippen LogP contribution in [0, 0.1) is 0 Å². The summed E-state index contributed by atoms with van der Waals surface area (Å²) >= 11 is 0.981. The molecule has 12 heavy (non-hydrogen) atoms. The van der Waals surface area contributed by atoms with E-state index >= 15 is 0 Å². The molecule has 0 spiro atoms. The second-order valence-corrected chi connectivity index (χ2v) is 2.88. The molecule has 70 valence electrons. The molecule has 0 aliphatic heterocycles. The number of hydrogen-bond donors (Lipinski definition) is 4. The van der Waals surface area contributed by atoms with Gasteiger partial charge in [-0.3, -0.25) is 14.3 Å². The van der Waals surface area contributed by atoms with E-state index in [4.69, 9.17) is 15.9 Å². The summed E-state index contributed by atoms with van der Waals surface area (Å²) in [5, 5.41) is 16.5. The zero-order valence-corrected chi connectivity index (χ0v) is 7.00. The van der Waals surface area contributed by atoms with Gasteiger partial charge in [-0.25, -0.2) is 0 Å². The minimum absolute atomic E-state index is 0.141. The molecule has 0 aromatic heterocycles. The molecule has 0 amide bonds. The summed E-state index contributed by atoms with van der Waals surface area (Å²) in [5.41, 5.74) is 5.13. The number of carboxylic acid groups (broad SMARTS) is 2. The Morgan fingerprint density at radius 1 is 1.50 bits per heavy atom. The topological polar surface area (TPSA) is 113 Å². The van der Waals surface area contributed by atoms with Gasteiger partial charge in [-0.2, -0.15) is 0 Å². The van der Waals surface area contributed by atoms with Gasteiger partial charge in [0.15, 0.2) is 0 Å². The number of carboxylic acids is 2. The van der Waals surface area contributed by atoms with Crippen molar-refractivity contribution >= 4 is 23.9 Å². The zero-order chi connectivity index (χ0) is 9.56. The molecule has 0 rings (SSSR count). The van der Waals surface area contributed by atoms with Gasteiger partial charge in [-0.1, -0.05) is 11.9 Å². The number of rotatable bonds is 6. The lowest BCUT2D eigenvalue weighted by molar-refractivity contribution is -0.138. The lowest BCUT2D eigenvalue weighted by Crippen LogP contribution is -2.33. The van der Waals surface area contributed by atoms with Crippen LogP contribution in [0.5, 0.6) is 0 Å². The van der Waals surface area contributed by atoms with Crippen molar-refractivity contribution in [3.05, 3.63) is 0 Å². The summed E-state index contributed by atoms with van der Waals surface area (Å²) in [4.78, 5) is 20.1. The first kappa shape index (κ1) is 11.2. The van der Waals surface area contributed by atoms with Crippen LogP contribution < -0.4 is 10.5 Å². The van der Waals surface area contributed by atoms with Crippen molar-refractivity contribution in [3.8, 4) is 0 Å². The fraction of sp³-hybridized carbons (Fsp3) is 0.600. The van der Waals surface area contributed by atoms with E-state index in [-0.39, 0.29) is 12.3 Å². The van der Waals surface area contributed by atoms with Crippen molar-refractivity contribution in [2.24, 2.45) is 5.73 Å². The molecule has 1 atom stereocenters. The third-order valence-electron chi connectivity index (χ3n) is 0.906. The predicted molar refractivity (Wildman–Crippen MR) is 43.7 cm³/mol. The quantitative estimate of drug-likeness (QED) is 0.307. The Hall–Kier alpha value is -0.790. The van der Waals surface area contributed by atoms with Crippen molar-refractivity contribution in [1.29, 1.82) is 0 Å². The summed E-state index contributed by atoms with van der Waals surface area (Å²) in [7, 11) is 0. The minimum atomic E-state index is -1.10. The first-order valence-corrected chi connectivity index (χ1v) is 4.07. The van der Waals surface area contributed by atoms with Crippen LogP contribution in [0.1, 0.15) is 0 Å². The van der Waals surface area contributed by atoms with Crippen molar-refractivity contribution in [2.75, 3.05) is 12.3 Å². The Balaban J connectivity index is 3.31. The van der Waals surface area contributed by atoms with E-state index in [1.54, 1.807) is 0 Å². The zero-order valence-electron chi connectivity index (χ0n) is 6.19. The Morgan fingerprint density at radius 3 is 2.50 bits per heavy atom. The van der Waals surface area contributed by atoms with Crippen LogP contribution in [-0.2, 0) is 9.59 Å². The van der Waals surface area contributed by atoms with Crippen LogP contribution in [-0.4, -0.2) is 40.5 Å². The van der Waals surface area contributed by atoms with Gasteiger partial charge in [0.2, 0.25) is 0 Å². The second-order valence-electron chi connectivity index (χ2n) is 1.97. The van der Waals surface area contributed by atoms with Gasteiger partial charge in [0.25, 0.3) is 0 Å². The molecule has 0 unspecified atom stereocenters. The smallest absolute Gasteiger partial charge is 0.321 e. The molecule has 0 aromatic rings. The van der Waals surface area contributed by atoms with E-state index in [0.29, 0.717) is 0 Å². The van der Waals surface area contributed by atoms with Gasteiger partial charge in [0.05, 0.1) is 0 Å². The molecule has 0 aliphatic rings. The fourth-order valence-electron chi connectivity index (χ4n) is 0.333. The normalized spacial score (nSPS) is 12.4. The molecule has 0 aliphatic carbocycles. The summed E-state index contributed by atoms with van der Waals surface area (Å²) in [5.74, 6) is -1.95. The van der Waals surface area contributed by atoms with E-state index in [1.807, 2.05) is 0 Å². The highest BCUT2D eigenvalue weighted by Crippen LogP contribution is 1.94. The van der Waals surface area contributed by atoms with Crippen LogP contribution in [0.4, 0.5) is 0 Å². The van der Waals surface area contributed by atoms with Gasteiger partial charge >= 0.3 is 11.9 Å². The number of nitrogens with one attached hydrogen (secondary N) is 1. The SMILES string of the molecule is N[C@@H](CSNCC(=O)O)C(=O)O. The van der Waals surface area contributed by atoms with Gasteiger partial charge < -0.3 is 15.9 Å². The van der Waals surface area contributed by atoms with E-state index in [2.05, 4.69) is 4.72 Å². The molecule has 5 N–H and O–H groups in total. The molecular formula is C5H10N2O4S. The van der Waals surface area contributed by atoms with E-state index in [0.717, 1.165) is 11.9 Å². The maximum atomic E-state index is 10.1. The monoisotopic (exact) mass is 194 g/mol. The molecule has 0 bridgehead atoms. The third kappa shape index (κ3) is 5.96. The summed E-state index contributed by atoms with van der Waals surface area (Å²) in [6.07, 6.45) is 0. The first-order chi connectivity index (χ1) is 5.54. The number of aliphatic carboxylic acids is 2. The summed E-state index contributed by atoms with van der Waals surface area (Å²) < 4.78 is 2.44. The molecule has 6 nitrogen and oxygen atoms in total.